The molecule has 0 saturated carbocycles. The van der Waals surface area contributed by atoms with Gasteiger partial charge in [-0.15, -0.1) is 5.10 Å². The fourth-order valence-electron chi connectivity index (χ4n) is 1.37. The number of H-pyrrole nitrogens is 1. The molecule has 1 atom stereocenters. The molecule has 4 N–H and O–H groups in total. The number of rotatable bonds is 3. The van der Waals surface area contributed by atoms with E-state index in [2.05, 4.69) is 36.4 Å². The zero-order valence-electron chi connectivity index (χ0n) is 8.74. The molecule has 2 aromatic rings. The molecule has 1 unspecified atom stereocenters. The molecule has 16 heavy (non-hydrogen) atoms. The van der Waals surface area contributed by atoms with Gasteiger partial charge in [0.2, 0.25) is 11.9 Å². The first kappa shape index (κ1) is 10.9. The summed E-state index contributed by atoms with van der Waals surface area (Å²) in [5, 5.41) is 9.65. The highest BCUT2D eigenvalue weighted by atomic mass is 79.9. The summed E-state index contributed by atoms with van der Waals surface area (Å²) in [4.78, 5) is 3.98. The Bertz CT molecular complexity index is 464. The van der Waals surface area contributed by atoms with Gasteiger partial charge in [0.25, 0.3) is 0 Å². The number of halogens is 1. The molecule has 0 fully saturated rings. The SMILES string of the molecule is CC(Nc1n[nH]c(N)n1)c1ccc(Br)cc1. The Balaban J connectivity index is 2.08. The lowest BCUT2D eigenvalue weighted by Crippen LogP contribution is -2.07. The van der Waals surface area contributed by atoms with Crippen LogP contribution in [0.25, 0.3) is 0 Å². The Morgan fingerprint density at radius 2 is 2.06 bits per heavy atom. The number of aromatic amines is 1. The number of nitrogens with two attached hydrogens (primary N) is 1. The number of anilines is 2. The number of nitrogens with zero attached hydrogens (tertiary/aromatic N) is 2. The third-order valence-corrected chi connectivity index (χ3v) is 2.75. The zero-order chi connectivity index (χ0) is 11.5. The Morgan fingerprint density at radius 3 is 2.62 bits per heavy atom. The normalized spacial score (nSPS) is 12.4. The summed E-state index contributed by atoms with van der Waals surface area (Å²) in [6, 6.07) is 8.21. The summed E-state index contributed by atoms with van der Waals surface area (Å²) in [6.45, 7) is 2.04. The molecule has 0 aliphatic heterocycles. The number of aromatic nitrogens is 3. The second-order valence-corrected chi connectivity index (χ2v) is 4.38. The molecule has 0 aliphatic carbocycles. The van der Waals surface area contributed by atoms with Crippen LogP contribution >= 0.6 is 15.9 Å². The molecular weight excluding hydrogens is 270 g/mol. The number of nitrogen functional groups attached to an aromatic ring is 1. The lowest BCUT2D eigenvalue weighted by molar-refractivity contribution is 0.862. The van der Waals surface area contributed by atoms with E-state index in [0.29, 0.717) is 11.9 Å². The predicted molar refractivity (Wildman–Crippen MR) is 67.0 cm³/mol. The van der Waals surface area contributed by atoms with E-state index in [1.807, 2.05) is 31.2 Å². The van der Waals surface area contributed by atoms with E-state index >= 15 is 0 Å². The van der Waals surface area contributed by atoms with Gasteiger partial charge in [-0.2, -0.15) is 4.98 Å². The lowest BCUT2D eigenvalue weighted by Gasteiger charge is -2.12. The Hall–Kier alpha value is -1.56. The van der Waals surface area contributed by atoms with Crippen molar-refractivity contribution in [3.63, 3.8) is 0 Å². The minimum atomic E-state index is 0.128. The van der Waals surface area contributed by atoms with Gasteiger partial charge in [0.15, 0.2) is 0 Å². The summed E-state index contributed by atoms with van der Waals surface area (Å²) in [7, 11) is 0. The average Bonchev–Trinajstić information content (AvgIpc) is 2.65. The van der Waals surface area contributed by atoms with Crippen molar-refractivity contribution in [2.45, 2.75) is 13.0 Å². The highest BCUT2D eigenvalue weighted by molar-refractivity contribution is 9.10. The Morgan fingerprint density at radius 1 is 1.38 bits per heavy atom. The molecule has 0 amide bonds. The molecule has 6 heteroatoms. The third-order valence-electron chi connectivity index (χ3n) is 2.22. The molecule has 0 bridgehead atoms. The fourth-order valence-corrected chi connectivity index (χ4v) is 1.63. The number of hydrogen-bond acceptors (Lipinski definition) is 4. The van der Waals surface area contributed by atoms with Gasteiger partial charge in [0, 0.05) is 4.47 Å². The van der Waals surface area contributed by atoms with Crippen molar-refractivity contribution in [3.05, 3.63) is 34.3 Å². The van der Waals surface area contributed by atoms with Gasteiger partial charge in [0.05, 0.1) is 6.04 Å². The van der Waals surface area contributed by atoms with Crippen molar-refractivity contribution in [2.75, 3.05) is 11.1 Å². The molecule has 0 spiro atoms. The van der Waals surface area contributed by atoms with Gasteiger partial charge in [0.1, 0.15) is 0 Å². The van der Waals surface area contributed by atoms with Crippen molar-refractivity contribution in [1.82, 2.24) is 15.2 Å². The van der Waals surface area contributed by atoms with Gasteiger partial charge in [-0.3, -0.25) is 0 Å². The minimum absolute atomic E-state index is 0.128. The molecule has 1 aromatic carbocycles. The van der Waals surface area contributed by atoms with Crippen LogP contribution in [0.1, 0.15) is 18.5 Å². The van der Waals surface area contributed by atoms with Crippen molar-refractivity contribution in [3.8, 4) is 0 Å². The van der Waals surface area contributed by atoms with Crippen LogP contribution in [-0.4, -0.2) is 15.2 Å². The van der Waals surface area contributed by atoms with Gasteiger partial charge < -0.3 is 11.1 Å². The average molecular weight is 282 g/mol. The second-order valence-electron chi connectivity index (χ2n) is 3.46. The van der Waals surface area contributed by atoms with Crippen LogP contribution in [0.3, 0.4) is 0 Å². The summed E-state index contributed by atoms with van der Waals surface area (Å²) in [6.07, 6.45) is 0. The zero-order valence-corrected chi connectivity index (χ0v) is 10.3. The van der Waals surface area contributed by atoms with E-state index < -0.39 is 0 Å². The van der Waals surface area contributed by atoms with Gasteiger partial charge in [-0.05, 0) is 24.6 Å². The summed E-state index contributed by atoms with van der Waals surface area (Å²) < 4.78 is 1.06. The van der Waals surface area contributed by atoms with Gasteiger partial charge in [-0.1, -0.05) is 28.1 Å². The number of hydrogen-bond donors (Lipinski definition) is 3. The van der Waals surface area contributed by atoms with Crippen LogP contribution in [0.15, 0.2) is 28.7 Å². The van der Waals surface area contributed by atoms with Crippen LogP contribution in [0.4, 0.5) is 11.9 Å². The summed E-state index contributed by atoms with van der Waals surface area (Å²) in [5.74, 6) is 0.818. The predicted octanol–water partition coefficient (Wildman–Crippen LogP) is 2.32. The molecule has 84 valence electrons. The highest BCUT2D eigenvalue weighted by Crippen LogP contribution is 2.19. The standard InChI is InChI=1S/C10H12BrN5/c1-6(7-2-4-8(11)5-3-7)13-10-14-9(12)15-16-10/h2-6H,1H3,(H4,12,13,14,15,16). The van der Waals surface area contributed by atoms with E-state index in [-0.39, 0.29) is 6.04 Å². The number of benzene rings is 1. The first-order valence-corrected chi connectivity index (χ1v) is 5.64. The molecule has 1 heterocycles. The smallest absolute Gasteiger partial charge is 0.244 e. The fraction of sp³-hybridized carbons (Fsp3) is 0.200. The number of nitrogens with one attached hydrogen (secondary N) is 2. The van der Waals surface area contributed by atoms with Crippen LogP contribution in [0.5, 0.6) is 0 Å². The van der Waals surface area contributed by atoms with Crippen molar-refractivity contribution >= 4 is 27.8 Å². The van der Waals surface area contributed by atoms with E-state index in [9.17, 15) is 0 Å². The largest absolute Gasteiger partial charge is 0.368 e. The van der Waals surface area contributed by atoms with E-state index in [1.54, 1.807) is 0 Å². The third kappa shape index (κ3) is 2.52. The Labute approximate surface area is 102 Å². The Kier molecular flexibility index (Phi) is 3.09. The maximum absolute atomic E-state index is 5.44. The van der Waals surface area contributed by atoms with Crippen molar-refractivity contribution in [1.29, 1.82) is 0 Å². The van der Waals surface area contributed by atoms with E-state index in [4.69, 9.17) is 5.73 Å². The maximum Gasteiger partial charge on any atom is 0.244 e. The summed E-state index contributed by atoms with van der Waals surface area (Å²) in [5.41, 5.74) is 6.60. The first-order chi connectivity index (χ1) is 7.65. The van der Waals surface area contributed by atoms with Crippen molar-refractivity contribution in [2.24, 2.45) is 0 Å². The molecule has 5 nitrogen and oxygen atoms in total. The topological polar surface area (TPSA) is 79.6 Å². The van der Waals surface area contributed by atoms with Crippen molar-refractivity contribution < 1.29 is 0 Å². The van der Waals surface area contributed by atoms with Gasteiger partial charge >= 0.3 is 0 Å². The molecule has 1 aromatic heterocycles. The minimum Gasteiger partial charge on any atom is -0.368 e. The molecule has 2 rings (SSSR count). The highest BCUT2D eigenvalue weighted by Gasteiger charge is 2.07. The second kappa shape index (κ2) is 4.52. The van der Waals surface area contributed by atoms with Crippen LogP contribution in [-0.2, 0) is 0 Å². The molecule has 0 saturated heterocycles. The maximum atomic E-state index is 5.44. The monoisotopic (exact) mass is 281 g/mol. The van der Waals surface area contributed by atoms with E-state index in [0.717, 1.165) is 10.0 Å². The first-order valence-electron chi connectivity index (χ1n) is 4.85. The van der Waals surface area contributed by atoms with E-state index in [1.165, 1.54) is 0 Å². The molecule has 0 aliphatic rings. The lowest BCUT2D eigenvalue weighted by atomic mass is 10.1. The summed E-state index contributed by atoms with van der Waals surface area (Å²) >= 11 is 3.40. The molecule has 0 radical (unpaired) electrons. The van der Waals surface area contributed by atoms with Crippen LogP contribution in [0.2, 0.25) is 0 Å². The van der Waals surface area contributed by atoms with Crippen LogP contribution in [0, 0.1) is 0 Å². The quantitative estimate of drug-likeness (QED) is 0.807. The van der Waals surface area contributed by atoms with Gasteiger partial charge in [-0.25, -0.2) is 5.10 Å². The molecular formula is C10H12BrN5. The van der Waals surface area contributed by atoms with Crippen LogP contribution < -0.4 is 11.1 Å².